The highest BCUT2D eigenvalue weighted by atomic mass is 15.0. The van der Waals surface area contributed by atoms with E-state index in [1.807, 2.05) is 13.0 Å². The number of aryl methyl sites for hydroxylation is 2. The van der Waals surface area contributed by atoms with Crippen molar-refractivity contribution < 1.29 is 0 Å². The van der Waals surface area contributed by atoms with Crippen molar-refractivity contribution in [3.8, 4) is 0 Å². The van der Waals surface area contributed by atoms with Crippen LogP contribution in [0.4, 0.5) is 5.82 Å². The van der Waals surface area contributed by atoms with Gasteiger partial charge in [0.25, 0.3) is 0 Å². The van der Waals surface area contributed by atoms with E-state index in [9.17, 15) is 0 Å². The first kappa shape index (κ1) is 13.9. The molecule has 0 aliphatic rings. The van der Waals surface area contributed by atoms with Gasteiger partial charge in [0.05, 0.1) is 0 Å². The topological polar surface area (TPSA) is 37.8 Å². The molecule has 0 saturated heterocycles. The monoisotopic (exact) mass is 235 g/mol. The number of hydrogen-bond acceptors (Lipinski definition) is 3. The fraction of sp³-hybridized carbons (Fsp3) is 0.714. The predicted molar refractivity (Wildman–Crippen MR) is 73.3 cm³/mol. The lowest BCUT2D eigenvalue weighted by atomic mass is 10.1. The fourth-order valence-corrected chi connectivity index (χ4v) is 1.77. The summed E-state index contributed by atoms with van der Waals surface area (Å²) in [4.78, 5) is 8.83. The normalized spacial score (nSPS) is 10.9. The second-order valence-corrected chi connectivity index (χ2v) is 4.98. The van der Waals surface area contributed by atoms with Crippen molar-refractivity contribution in [3.05, 3.63) is 17.6 Å². The second kappa shape index (κ2) is 7.25. The number of nitrogens with one attached hydrogen (secondary N) is 1. The summed E-state index contributed by atoms with van der Waals surface area (Å²) in [5.41, 5.74) is 1.04. The first-order valence-corrected chi connectivity index (χ1v) is 6.70. The molecule has 1 heterocycles. The second-order valence-electron chi connectivity index (χ2n) is 4.98. The largest absolute Gasteiger partial charge is 0.370 e. The van der Waals surface area contributed by atoms with Crippen molar-refractivity contribution in [3.63, 3.8) is 0 Å². The SMILES string of the molecule is CCc1nc(C)cc(NCCCCC(C)C)n1. The molecule has 0 unspecified atom stereocenters. The van der Waals surface area contributed by atoms with Crippen LogP contribution in [-0.2, 0) is 6.42 Å². The van der Waals surface area contributed by atoms with Crippen LogP contribution in [0.2, 0.25) is 0 Å². The zero-order valence-electron chi connectivity index (χ0n) is 11.6. The molecule has 3 heteroatoms. The average molecular weight is 235 g/mol. The Labute approximate surface area is 105 Å². The van der Waals surface area contributed by atoms with Crippen LogP contribution < -0.4 is 5.32 Å². The molecule has 0 spiro atoms. The molecule has 0 radical (unpaired) electrons. The number of aromatic nitrogens is 2. The van der Waals surface area contributed by atoms with E-state index in [1.54, 1.807) is 0 Å². The first-order chi connectivity index (χ1) is 8.11. The summed E-state index contributed by atoms with van der Waals surface area (Å²) in [5.74, 6) is 2.71. The van der Waals surface area contributed by atoms with Crippen LogP contribution in [0.5, 0.6) is 0 Å². The van der Waals surface area contributed by atoms with Gasteiger partial charge in [-0.1, -0.05) is 33.6 Å². The van der Waals surface area contributed by atoms with Gasteiger partial charge in [0.15, 0.2) is 0 Å². The Hall–Kier alpha value is -1.12. The molecule has 0 aliphatic heterocycles. The maximum Gasteiger partial charge on any atom is 0.130 e. The van der Waals surface area contributed by atoms with Crippen LogP contribution in [0.1, 0.15) is 51.6 Å². The summed E-state index contributed by atoms with van der Waals surface area (Å²) in [7, 11) is 0. The van der Waals surface area contributed by atoms with E-state index in [1.165, 1.54) is 19.3 Å². The van der Waals surface area contributed by atoms with Gasteiger partial charge in [-0.3, -0.25) is 0 Å². The summed E-state index contributed by atoms with van der Waals surface area (Å²) >= 11 is 0. The van der Waals surface area contributed by atoms with Gasteiger partial charge in [-0.25, -0.2) is 9.97 Å². The molecule has 0 aliphatic carbocycles. The quantitative estimate of drug-likeness (QED) is 0.734. The summed E-state index contributed by atoms with van der Waals surface area (Å²) in [6, 6.07) is 2.02. The Morgan fingerprint density at radius 3 is 2.65 bits per heavy atom. The molecule has 1 N–H and O–H groups in total. The Bertz CT molecular complexity index is 334. The summed E-state index contributed by atoms with van der Waals surface area (Å²) in [6.45, 7) is 9.65. The number of nitrogens with zero attached hydrogens (tertiary/aromatic N) is 2. The molecule has 1 aromatic rings. The van der Waals surface area contributed by atoms with Gasteiger partial charge in [-0.2, -0.15) is 0 Å². The third kappa shape index (κ3) is 5.66. The Morgan fingerprint density at radius 2 is 2.00 bits per heavy atom. The number of rotatable bonds is 7. The van der Waals surface area contributed by atoms with Crippen molar-refractivity contribution in [1.29, 1.82) is 0 Å². The number of hydrogen-bond donors (Lipinski definition) is 1. The Morgan fingerprint density at radius 1 is 1.24 bits per heavy atom. The molecular weight excluding hydrogens is 210 g/mol. The van der Waals surface area contributed by atoms with Crippen molar-refractivity contribution in [1.82, 2.24) is 9.97 Å². The minimum Gasteiger partial charge on any atom is -0.370 e. The minimum atomic E-state index is 0.808. The molecule has 0 saturated carbocycles. The first-order valence-electron chi connectivity index (χ1n) is 6.70. The van der Waals surface area contributed by atoms with Crippen LogP contribution in [0, 0.1) is 12.8 Å². The fourth-order valence-electron chi connectivity index (χ4n) is 1.77. The van der Waals surface area contributed by atoms with Crippen LogP contribution in [-0.4, -0.2) is 16.5 Å². The third-order valence-corrected chi connectivity index (χ3v) is 2.73. The standard InChI is InChI=1S/C14H25N3/c1-5-13-16-12(4)10-14(17-13)15-9-7-6-8-11(2)3/h10-11H,5-9H2,1-4H3,(H,15,16,17). The van der Waals surface area contributed by atoms with Gasteiger partial charge in [-0.05, 0) is 19.3 Å². The van der Waals surface area contributed by atoms with Gasteiger partial charge in [0.2, 0.25) is 0 Å². The molecule has 0 bridgehead atoms. The van der Waals surface area contributed by atoms with E-state index in [2.05, 4.69) is 36.1 Å². The van der Waals surface area contributed by atoms with Crippen molar-refractivity contribution >= 4 is 5.82 Å². The van der Waals surface area contributed by atoms with Gasteiger partial charge in [0.1, 0.15) is 11.6 Å². The molecular formula is C14H25N3. The van der Waals surface area contributed by atoms with E-state index >= 15 is 0 Å². The van der Waals surface area contributed by atoms with Gasteiger partial charge < -0.3 is 5.32 Å². The van der Waals surface area contributed by atoms with E-state index in [-0.39, 0.29) is 0 Å². The lowest BCUT2D eigenvalue weighted by Crippen LogP contribution is -2.06. The van der Waals surface area contributed by atoms with E-state index in [0.29, 0.717) is 0 Å². The van der Waals surface area contributed by atoms with Crippen molar-refractivity contribution in [2.24, 2.45) is 5.92 Å². The average Bonchev–Trinajstić information content (AvgIpc) is 2.27. The van der Waals surface area contributed by atoms with Gasteiger partial charge >= 0.3 is 0 Å². The molecule has 0 fully saturated rings. The molecule has 3 nitrogen and oxygen atoms in total. The number of unbranched alkanes of at least 4 members (excludes halogenated alkanes) is 1. The van der Waals surface area contributed by atoms with Crippen LogP contribution >= 0.6 is 0 Å². The Kier molecular flexibility index (Phi) is 5.95. The maximum atomic E-state index is 4.46. The maximum absolute atomic E-state index is 4.46. The van der Waals surface area contributed by atoms with Crippen LogP contribution in [0.25, 0.3) is 0 Å². The zero-order valence-corrected chi connectivity index (χ0v) is 11.6. The van der Waals surface area contributed by atoms with Crippen LogP contribution in [0.15, 0.2) is 6.07 Å². The smallest absolute Gasteiger partial charge is 0.130 e. The molecule has 17 heavy (non-hydrogen) atoms. The molecule has 0 amide bonds. The van der Waals surface area contributed by atoms with Gasteiger partial charge in [-0.15, -0.1) is 0 Å². The van der Waals surface area contributed by atoms with Crippen molar-refractivity contribution in [2.75, 3.05) is 11.9 Å². The lowest BCUT2D eigenvalue weighted by Gasteiger charge is -2.08. The summed E-state index contributed by atoms with van der Waals surface area (Å²) < 4.78 is 0. The summed E-state index contributed by atoms with van der Waals surface area (Å²) in [6.07, 6.45) is 4.70. The molecule has 0 aromatic carbocycles. The Balaban J connectivity index is 2.33. The lowest BCUT2D eigenvalue weighted by molar-refractivity contribution is 0.544. The van der Waals surface area contributed by atoms with Crippen LogP contribution in [0.3, 0.4) is 0 Å². The van der Waals surface area contributed by atoms with E-state index in [0.717, 1.165) is 36.2 Å². The molecule has 1 aromatic heterocycles. The van der Waals surface area contributed by atoms with E-state index < -0.39 is 0 Å². The molecule has 1 rings (SSSR count). The highest BCUT2D eigenvalue weighted by molar-refractivity contribution is 5.35. The molecule has 0 atom stereocenters. The molecule has 96 valence electrons. The predicted octanol–water partition coefficient (Wildman–Crippen LogP) is 3.59. The van der Waals surface area contributed by atoms with Gasteiger partial charge in [0, 0.05) is 24.7 Å². The minimum absolute atomic E-state index is 0.808. The number of anilines is 1. The zero-order chi connectivity index (χ0) is 12.7. The summed E-state index contributed by atoms with van der Waals surface area (Å²) in [5, 5.41) is 3.38. The van der Waals surface area contributed by atoms with E-state index in [4.69, 9.17) is 0 Å². The highest BCUT2D eigenvalue weighted by Crippen LogP contribution is 2.09. The van der Waals surface area contributed by atoms with Crippen molar-refractivity contribution in [2.45, 2.75) is 53.4 Å². The highest BCUT2D eigenvalue weighted by Gasteiger charge is 2.00. The third-order valence-electron chi connectivity index (χ3n) is 2.73.